The first-order chi connectivity index (χ1) is 11.9. The summed E-state index contributed by atoms with van der Waals surface area (Å²) in [7, 11) is 5.28. The van der Waals surface area contributed by atoms with Crippen LogP contribution >= 0.6 is 0 Å². The average Bonchev–Trinajstić information content (AvgIpc) is 2.59. The minimum Gasteiger partial charge on any atom is -0.375 e. The van der Waals surface area contributed by atoms with E-state index in [1.165, 1.54) is 12.3 Å². The molecule has 0 bridgehead atoms. The number of hydrogen-bond acceptors (Lipinski definition) is 5. The van der Waals surface area contributed by atoms with Crippen LogP contribution in [0.2, 0.25) is 0 Å². The summed E-state index contributed by atoms with van der Waals surface area (Å²) in [6, 6.07) is 10.2. The summed E-state index contributed by atoms with van der Waals surface area (Å²) in [4.78, 5) is 19.5. The molecule has 1 aromatic carbocycles. The van der Waals surface area contributed by atoms with Gasteiger partial charge in [-0.2, -0.15) is 5.26 Å². The molecule has 130 valence electrons. The molecule has 25 heavy (non-hydrogen) atoms. The molecular formula is C18H20FN5O. The fourth-order valence-electron chi connectivity index (χ4n) is 2.25. The molecule has 1 N–H and O–H groups in total. The lowest BCUT2D eigenvalue weighted by Crippen LogP contribution is -2.35. The number of benzene rings is 1. The van der Waals surface area contributed by atoms with Gasteiger partial charge in [0.1, 0.15) is 17.7 Å². The molecule has 1 amide bonds. The van der Waals surface area contributed by atoms with Gasteiger partial charge in [-0.25, -0.2) is 9.37 Å². The van der Waals surface area contributed by atoms with Crippen LogP contribution in [0.3, 0.4) is 0 Å². The van der Waals surface area contributed by atoms with E-state index in [4.69, 9.17) is 5.26 Å². The molecule has 0 aliphatic heterocycles. The Bertz CT molecular complexity index is 783. The van der Waals surface area contributed by atoms with E-state index >= 15 is 0 Å². The minimum atomic E-state index is -0.323. The zero-order chi connectivity index (χ0) is 18.4. The first kappa shape index (κ1) is 18.2. The standard InChI is InChI=1S/C18H20FN5O/c1-23(2)16-6-4-13(8-15(16)19)10-22-18(25)12-24(3)17-7-5-14(9-20)11-21-17/h4-8,11H,10,12H2,1-3H3,(H,22,25). The van der Waals surface area contributed by atoms with Crippen molar-refractivity contribution in [1.29, 1.82) is 5.26 Å². The number of halogens is 1. The van der Waals surface area contributed by atoms with Crippen LogP contribution in [0.4, 0.5) is 15.9 Å². The van der Waals surface area contributed by atoms with Crippen LogP contribution in [0.25, 0.3) is 0 Å². The summed E-state index contributed by atoms with van der Waals surface area (Å²) in [5.41, 5.74) is 1.65. The molecule has 1 heterocycles. The Morgan fingerprint density at radius 1 is 1.28 bits per heavy atom. The monoisotopic (exact) mass is 341 g/mol. The van der Waals surface area contributed by atoms with Gasteiger partial charge >= 0.3 is 0 Å². The van der Waals surface area contributed by atoms with Gasteiger partial charge in [0, 0.05) is 33.9 Å². The van der Waals surface area contributed by atoms with Crippen LogP contribution in [-0.2, 0) is 11.3 Å². The predicted molar refractivity (Wildman–Crippen MR) is 94.8 cm³/mol. The predicted octanol–water partition coefficient (Wildman–Crippen LogP) is 1.91. The van der Waals surface area contributed by atoms with Gasteiger partial charge in [-0.15, -0.1) is 0 Å². The van der Waals surface area contributed by atoms with Gasteiger partial charge < -0.3 is 15.1 Å². The maximum absolute atomic E-state index is 13.9. The Balaban J connectivity index is 1.89. The van der Waals surface area contributed by atoms with Gasteiger partial charge in [-0.3, -0.25) is 4.79 Å². The molecule has 0 aliphatic rings. The summed E-state index contributed by atoms with van der Waals surface area (Å²) in [6.45, 7) is 0.356. The lowest BCUT2D eigenvalue weighted by atomic mass is 10.2. The molecule has 0 aliphatic carbocycles. The van der Waals surface area contributed by atoms with E-state index in [0.29, 0.717) is 22.6 Å². The van der Waals surface area contributed by atoms with E-state index < -0.39 is 0 Å². The number of nitriles is 1. The number of hydrogen-bond donors (Lipinski definition) is 1. The van der Waals surface area contributed by atoms with E-state index in [2.05, 4.69) is 10.3 Å². The highest BCUT2D eigenvalue weighted by molar-refractivity contribution is 5.80. The molecule has 0 saturated carbocycles. The number of carbonyl (C=O) groups excluding carboxylic acids is 1. The van der Waals surface area contributed by atoms with Crippen LogP contribution in [0.1, 0.15) is 11.1 Å². The maximum atomic E-state index is 13.9. The molecule has 7 heteroatoms. The summed E-state index contributed by atoms with van der Waals surface area (Å²) in [6.07, 6.45) is 1.46. The molecular weight excluding hydrogens is 321 g/mol. The third-order valence-corrected chi connectivity index (χ3v) is 3.63. The van der Waals surface area contributed by atoms with Crippen molar-refractivity contribution >= 4 is 17.4 Å². The van der Waals surface area contributed by atoms with Gasteiger partial charge in [-0.05, 0) is 29.8 Å². The van der Waals surface area contributed by atoms with Crippen LogP contribution in [-0.4, -0.2) is 38.6 Å². The number of amides is 1. The zero-order valence-corrected chi connectivity index (χ0v) is 14.5. The molecule has 0 fully saturated rings. The molecule has 2 aromatic rings. The third kappa shape index (κ3) is 4.91. The van der Waals surface area contributed by atoms with E-state index in [9.17, 15) is 9.18 Å². The number of aromatic nitrogens is 1. The van der Waals surface area contributed by atoms with Crippen LogP contribution < -0.4 is 15.1 Å². The van der Waals surface area contributed by atoms with Crippen molar-refractivity contribution in [3.05, 3.63) is 53.5 Å². The van der Waals surface area contributed by atoms with Crippen molar-refractivity contribution < 1.29 is 9.18 Å². The number of pyridine rings is 1. The van der Waals surface area contributed by atoms with E-state index in [1.54, 1.807) is 55.2 Å². The van der Waals surface area contributed by atoms with Crippen molar-refractivity contribution in [3.63, 3.8) is 0 Å². The second-order valence-corrected chi connectivity index (χ2v) is 5.83. The number of rotatable bonds is 6. The molecule has 6 nitrogen and oxygen atoms in total. The van der Waals surface area contributed by atoms with Crippen molar-refractivity contribution in [2.45, 2.75) is 6.54 Å². The number of carbonyl (C=O) groups is 1. The highest BCUT2D eigenvalue weighted by atomic mass is 19.1. The first-order valence-corrected chi connectivity index (χ1v) is 7.70. The van der Waals surface area contributed by atoms with Gasteiger partial charge in [-0.1, -0.05) is 6.07 Å². The third-order valence-electron chi connectivity index (χ3n) is 3.63. The van der Waals surface area contributed by atoms with Crippen molar-refractivity contribution in [2.75, 3.05) is 37.5 Å². The number of nitrogens with one attached hydrogen (secondary N) is 1. The fraction of sp³-hybridized carbons (Fsp3) is 0.278. The lowest BCUT2D eigenvalue weighted by molar-refractivity contribution is -0.119. The van der Waals surface area contributed by atoms with Gasteiger partial charge in [0.05, 0.1) is 17.8 Å². The summed E-state index contributed by atoms with van der Waals surface area (Å²) in [5, 5.41) is 11.5. The normalized spacial score (nSPS) is 10.0. The topological polar surface area (TPSA) is 72.3 Å². The molecule has 0 atom stereocenters. The van der Waals surface area contributed by atoms with E-state index in [1.807, 2.05) is 6.07 Å². The Hall–Kier alpha value is -3.14. The molecule has 0 radical (unpaired) electrons. The Morgan fingerprint density at radius 2 is 2.04 bits per heavy atom. The molecule has 0 spiro atoms. The maximum Gasteiger partial charge on any atom is 0.239 e. The Labute approximate surface area is 146 Å². The van der Waals surface area contributed by atoms with Crippen molar-refractivity contribution in [3.8, 4) is 6.07 Å². The largest absolute Gasteiger partial charge is 0.375 e. The minimum absolute atomic E-state index is 0.108. The molecule has 0 saturated heterocycles. The van der Waals surface area contributed by atoms with Gasteiger partial charge in [0.2, 0.25) is 5.91 Å². The van der Waals surface area contributed by atoms with Gasteiger partial charge in [0.25, 0.3) is 0 Å². The summed E-state index contributed by atoms with van der Waals surface area (Å²) < 4.78 is 13.9. The van der Waals surface area contributed by atoms with Crippen molar-refractivity contribution in [2.24, 2.45) is 0 Å². The second kappa shape index (κ2) is 8.11. The summed E-state index contributed by atoms with van der Waals surface area (Å²) in [5.74, 6) is 0.0666. The quantitative estimate of drug-likeness (QED) is 0.869. The Morgan fingerprint density at radius 3 is 2.60 bits per heavy atom. The SMILES string of the molecule is CN(C)c1ccc(CNC(=O)CN(C)c2ccc(C#N)cn2)cc1F. The number of likely N-dealkylation sites (N-methyl/N-ethyl adjacent to an activating group) is 1. The van der Waals surface area contributed by atoms with E-state index in [-0.39, 0.29) is 24.8 Å². The highest BCUT2D eigenvalue weighted by Crippen LogP contribution is 2.18. The average molecular weight is 341 g/mol. The van der Waals surface area contributed by atoms with Crippen molar-refractivity contribution in [1.82, 2.24) is 10.3 Å². The smallest absolute Gasteiger partial charge is 0.239 e. The fourth-order valence-corrected chi connectivity index (χ4v) is 2.25. The molecule has 0 unspecified atom stereocenters. The molecule has 2 rings (SSSR count). The second-order valence-electron chi connectivity index (χ2n) is 5.83. The Kier molecular flexibility index (Phi) is 5.90. The van der Waals surface area contributed by atoms with Gasteiger partial charge in [0.15, 0.2) is 0 Å². The zero-order valence-electron chi connectivity index (χ0n) is 14.5. The molecule has 1 aromatic heterocycles. The van der Waals surface area contributed by atoms with Crippen LogP contribution in [0, 0.1) is 17.1 Å². The lowest BCUT2D eigenvalue weighted by Gasteiger charge is -2.18. The number of anilines is 2. The van der Waals surface area contributed by atoms with Crippen LogP contribution in [0.15, 0.2) is 36.5 Å². The first-order valence-electron chi connectivity index (χ1n) is 7.70. The van der Waals surface area contributed by atoms with E-state index in [0.717, 1.165) is 0 Å². The summed E-state index contributed by atoms with van der Waals surface area (Å²) >= 11 is 0. The van der Waals surface area contributed by atoms with Crippen LogP contribution in [0.5, 0.6) is 0 Å². The highest BCUT2D eigenvalue weighted by Gasteiger charge is 2.10. The number of nitrogens with zero attached hydrogens (tertiary/aromatic N) is 4.